The number of amides is 1. The van der Waals surface area contributed by atoms with E-state index in [0.717, 1.165) is 39.2 Å². The average Bonchev–Trinajstić information content (AvgIpc) is 3.42. The molecule has 39 heavy (non-hydrogen) atoms. The van der Waals surface area contributed by atoms with Crippen LogP contribution in [0.1, 0.15) is 17.5 Å². The molecule has 0 spiro atoms. The lowest BCUT2D eigenvalue weighted by atomic mass is 9.98. The minimum atomic E-state index is -0.143. The predicted molar refractivity (Wildman–Crippen MR) is 161 cm³/mol. The van der Waals surface area contributed by atoms with Gasteiger partial charge < -0.3 is 5.32 Å². The van der Waals surface area contributed by atoms with Gasteiger partial charge in [0.25, 0.3) is 0 Å². The Morgan fingerprint density at radius 1 is 0.949 bits per heavy atom. The van der Waals surface area contributed by atoms with Crippen LogP contribution in [0.4, 0.5) is 5.13 Å². The molecule has 2 aromatic heterocycles. The maximum Gasteiger partial charge on any atom is 0.226 e. The number of nitrogens with one attached hydrogen (secondary N) is 1. The topological polar surface area (TPSA) is 78.7 Å². The van der Waals surface area contributed by atoms with Gasteiger partial charge in [0.15, 0.2) is 5.13 Å². The number of rotatable bonds is 8. The van der Waals surface area contributed by atoms with Gasteiger partial charge in [-0.05, 0) is 30.7 Å². The van der Waals surface area contributed by atoms with Gasteiger partial charge in [-0.15, -0.1) is 23.1 Å². The largest absolute Gasteiger partial charge is 0.302 e. The molecule has 0 unspecified atom stereocenters. The maximum atomic E-state index is 12.7. The number of hydrogen-bond acceptors (Lipinski definition) is 6. The second-order valence-electron chi connectivity index (χ2n) is 8.77. The SMILES string of the molecule is Cc1ccc(-c2cc(-c3ccccc3)nc(SCCC(=O)Nc3nc(-c4ccc(Cl)cc4)cs3)c2C#N)cc1. The highest BCUT2D eigenvalue weighted by Crippen LogP contribution is 2.34. The van der Waals surface area contributed by atoms with Gasteiger partial charge in [0.1, 0.15) is 11.1 Å². The molecule has 0 aliphatic rings. The van der Waals surface area contributed by atoms with Crippen LogP contribution in [0.25, 0.3) is 33.6 Å². The Bertz CT molecular complexity index is 1640. The van der Waals surface area contributed by atoms with Gasteiger partial charge in [-0.1, -0.05) is 83.9 Å². The maximum absolute atomic E-state index is 12.7. The van der Waals surface area contributed by atoms with E-state index in [1.54, 1.807) is 0 Å². The van der Waals surface area contributed by atoms with Crippen LogP contribution >= 0.6 is 34.7 Å². The highest BCUT2D eigenvalue weighted by molar-refractivity contribution is 7.99. The molecule has 2 heterocycles. The van der Waals surface area contributed by atoms with E-state index in [1.165, 1.54) is 23.1 Å². The molecule has 0 fully saturated rings. The van der Waals surface area contributed by atoms with Crippen LogP contribution in [-0.4, -0.2) is 21.6 Å². The molecule has 1 N–H and O–H groups in total. The standard InChI is InChI=1S/C31H23ClN4OS2/c1-20-7-9-21(10-8-20)25-17-27(22-5-3-2-4-6-22)34-30(26(25)18-33)38-16-15-29(37)36-31-35-28(19-39-31)23-11-13-24(32)14-12-23/h2-14,17,19H,15-16H2,1H3,(H,35,36,37). The lowest BCUT2D eigenvalue weighted by molar-refractivity contribution is -0.115. The number of nitriles is 1. The van der Waals surface area contributed by atoms with E-state index in [4.69, 9.17) is 16.6 Å². The van der Waals surface area contributed by atoms with Crippen LogP contribution in [0.2, 0.25) is 5.02 Å². The highest BCUT2D eigenvalue weighted by atomic mass is 35.5. The Morgan fingerprint density at radius 2 is 1.64 bits per heavy atom. The van der Waals surface area contributed by atoms with E-state index in [0.29, 0.717) is 26.5 Å². The summed E-state index contributed by atoms with van der Waals surface area (Å²) in [5.41, 5.74) is 6.92. The number of thiazole rings is 1. The molecule has 0 saturated heterocycles. The van der Waals surface area contributed by atoms with Crippen molar-refractivity contribution in [1.29, 1.82) is 5.26 Å². The van der Waals surface area contributed by atoms with Crippen molar-refractivity contribution < 1.29 is 4.79 Å². The number of aryl methyl sites for hydroxylation is 1. The summed E-state index contributed by atoms with van der Waals surface area (Å²) in [6.45, 7) is 2.04. The number of halogens is 1. The second-order valence-corrected chi connectivity index (χ2v) is 11.1. The van der Waals surface area contributed by atoms with Gasteiger partial charge in [0.05, 0.1) is 17.0 Å². The van der Waals surface area contributed by atoms with E-state index in [1.807, 2.05) is 97.2 Å². The van der Waals surface area contributed by atoms with E-state index in [2.05, 4.69) is 16.4 Å². The summed E-state index contributed by atoms with van der Waals surface area (Å²) >= 11 is 8.76. The minimum absolute atomic E-state index is 0.143. The van der Waals surface area contributed by atoms with Crippen LogP contribution in [0, 0.1) is 18.3 Å². The molecule has 0 atom stereocenters. The fourth-order valence-corrected chi connectivity index (χ4v) is 5.76. The van der Waals surface area contributed by atoms with Crippen LogP contribution < -0.4 is 5.32 Å². The second kappa shape index (κ2) is 12.3. The first-order valence-corrected chi connectivity index (χ1v) is 14.5. The zero-order chi connectivity index (χ0) is 27.2. The van der Waals surface area contributed by atoms with Crippen LogP contribution in [0.3, 0.4) is 0 Å². The first-order valence-electron chi connectivity index (χ1n) is 12.2. The lowest BCUT2D eigenvalue weighted by Crippen LogP contribution is -2.12. The summed E-state index contributed by atoms with van der Waals surface area (Å²) in [7, 11) is 0. The van der Waals surface area contributed by atoms with Crippen LogP contribution in [-0.2, 0) is 4.79 Å². The number of anilines is 1. The Hall–Kier alpha value is -3.96. The van der Waals surface area contributed by atoms with Gasteiger partial charge in [0, 0.05) is 39.3 Å². The Kier molecular flexibility index (Phi) is 8.38. The van der Waals surface area contributed by atoms with Crippen LogP contribution in [0.5, 0.6) is 0 Å². The fraction of sp³-hybridized carbons (Fsp3) is 0.0968. The lowest BCUT2D eigenvalue weighted by Gasteiger charge is -2.13. The summed E-state index contributed by atoms with van der Waals surface area (Å²) in [4.78, 5) is 22.0. The smallest absolute Gasteiger partial charge is 0.226 e. The summed E-state index contributed by atoms with van der Waals surface area (Å²) in [5, 5.41) is 16.7. The van der Waals surface area contributed by atoms with Gasteiger partial charge in [-0.3, -0.25) is 4.79 Å². The quantitative estimate of drug-likeness (QED) is 0.190. The number of benzene rings is 3. The zero-order valence-electron chi connectivity index (χ0n) is 21.0. The fourth-order valence-electron chi connectivity index (χ4n) is 3.96. The van der Waals surface area contributed by atoms with Gasteiger partial charge in [-0.25, -0.2) is 9.97 Å². The summed E-state index contributed by atoms with van der Waals surface area (Å²) in [5.74, 6) is 0.324. The molecule has 0 aliphatic carbocycles. The molecule has 0 saturated carbocycles. The number of pyridine rings is 1. The van der Waals surface area contributed by atoms with Crippen molar-refractivity contribution in [1.82, 2.24) is 9.97 Å². The van der Waals surface area contributed by atoms with Gasteiger partial charge in [0.2, 0.25) is 5.91 Å². The molecule has 1 amide bonds. The zero-order valence-corrected chi connectivity index (χ0v) is 23.4. The van der Waals surface area contributed by atoms with Crippen molar-refractivity contribution in [3.63, 3.8) is 0 Å². The third kappa shape index (κ3) is 6.55. The number of thioether (sulfide) groups is 1. The molecule has 5 aromatic rings. The summed E-state index contributed by atoms with van der Waals surface area (Å²) < 4.78 is 0. The van der Waals surface area contributed by atoms with E-state index >= 15 is 0 Å². The summed E-state index contributed by atoms with van der Waals surface area (Å²) in [6, 6.07) is 29.8. The third-order valence-electron chi connectivity index (χ3n) is 5.99. The summed E-state index contributed by atoms with van der Waals surface area (Å²) in [6.07, 6.45) is 0.252. The number of nitrogens with zero attached hydrogens (tertiary/aromatic N) is 3. The Balaban J connectivity index is 1.32. The highest BCUT2D eigenvalue weighted by Gasteiger charge is 2.17. The van der Waals surface area contributed by atoms with Crippen molar-refractivity contribution >= 4 is 45.7 Å². The molecule has 3 aromatic carbocycles. The molecule has 0 aliphatic heterocycles. The minimum Gasteiger partial charge on any atom is -0.302 e. The third-order valence-corrected chi connectivity index (χ3v) is 7.98. The molecule has 8 heteroatoms. The van der Waals surface area contributed by atoms with Crippen molar-refractivity contribution in [2.24, 2.45) is 0 Å². The van der Waals surface area contributed by atoms with Crippen LogP contribution in [0.15, 0.2) is 95.3 Å². The van der Waals surface area contributed by atoms with E-state index in [9.17, 15) is 10.1 Å². The van der Waals surface area contributed by atoms with Crippen molar-refractivity contribution in [2.75, 3.05) is 11.1 Å². The first kappa shape index (κ1) is 26.6. The van der Waals surface area contributed by atoms with Gasteiger partial charge in [-0.2, -0.15) is 5.26 Å². The first-order chi connectivity index (χ1) is 19.0. The normalized spacial score (nSPS) is 10.7. The van der Waals surface area contributed by atoms with E-state index < -0.39 is 0 Å². The number of carbonyl (C=O) groups is 1. The average molecular weight is 567 g/mol. The molecule has 5 nitrogen and oxygen atoms in total. The molecular formula is C31H23ClN4OS2. The Morgan fingerprint density at radius 3 is 2.36 bits per heavy atom. The monoisotopic (exact) mass is 566 g/mol. The Labute approximate surface area is 240 Å². The number of carbonyl (C=O) groups excluding carboxylic acids is 1. The van der Waals surface area contributed by atoms with E-state index in [-0.39, 0.29) is 12.3 Å². The predicted octanol–water partition coefficient (Wildman–Crippen LogP) is 8.49. The molecule has 5 rings (SSSR count). The molecule has 0 radical (unpaired) electrons. The van der Waals surface area contributed by atoms with Crippen molar-refractivity contribution in [2.45, 2.75) is 18.4 Å². The molecule has 192 valence electrons. The van der Waals surface area contributed by atoms with Crippen molar-refractivity contribution in [3.8, 4) is 39.7 Å². The number of aromatic nitrogens is 2. The number of hydrogen-bond donors (Lipinski definition) is 1. The van der Waals surface area contributed by atoms with Crippen molar-refractivity contribution in [3.05, 3.63) is 106 Å². The molecule has 0 bridgehead atoms. The molecular weight excluding hydrogens is 544 g/mol. The van der Waals surface area contributed by atoms with Gasteiger partial charge >= 0.3 is 0 Å².